The highest BCUT2D eigenvalue weighted by Gasteiger charge is 2.20. The van der Waals surface area contributed by atoms with Gasteiger partial charge in [-0.2, -0.15) is 0 Å². The van der Waals surface area contributed by atoms with Gasteiger partial charge in [0.1, 0.15) is 0 Å². The van der Waals surface area contributed by atoms with Crippen LogP contribution in [0.4, 0.5) is 0 Å². The second-order valence-corrected chi connectivity index (χ2v) is 4.50. The summed E-state index contributed by atoms with van der Waals surface area (Å²) in [5.74, 6) is 0. The maximum absolute atomic E-state index is 3.35. The molecule has 0 aromatic heterocycles. The van der Waals surface area contributed by atoms with Crippen LogP contribution in [-0.4, -0.2) is 31.1 Å². The van der Waals surface area contributed by atoms with E-state index in [9.17, 15) is 0 Å². The van der Waals surface area contributed by atoms with Gasteiger partial charge in [-0.15, -0.1) is 0 Å². The van der Waals surface area contributed by atoms with Crippen LogP contribution < -0.4 is 5.32 Å². The van der Waals surface area contributed by atoms with E-state index in [2.05, 4.69) is 48.5 Å². The number of nitrogens with zero attached hydrogens (tertiary/aromatic N) is 1. The van der Waals surface area contributed by atoms with Crippen molar-refractivity contribution in [1.82, 2.24) is 10.2 Å². The Labute approximate surface area is 92.3 Å². The summed E-state index contributed by atoms with van der Waals surface area (Å²) in [4.78, 5) is 2.52. The van der Waals surface area contributed by atoms with E-state index >= 15 is 0 Å². The molecular weight excluding hydrogens is 184 g/mol. The minimum absolute atomic E-state index is 0.690. The Balaban J connectivity index is 1.92. The number of rotatable bonds is 3. The zero-order valence-electron chi connectivity index (χ0n) is 9.66. The topological polar surface area (TPSA) is 15.3 Å². The highest BCUT2D eigenvalue weighted by molar-refractivity contribution is 5.22. The van der Waals surface area contributed by atoms with E-state index in [1.165, 1.54) is 30.6 Å². The summed E-state index contributed by atoms with van der Waals surface area (Å²) >= 11 is 0. The molecule has 0 saturated carbocycles. The number of likely N-dealkylation sites (tertiary alicyclic amines) is 1. The molecule has 0 aliphatic carbocycles. The minimum atomic E-state index is 0.690. The van der Waals surface area contributed by atoms with Crippen LogP contribution in [0.3, 0.4) is 0 Å². The van der Waals surface area contributed by atoms with Crippen molar-refractivity contribution < 1.29 is 0 Å². The summed E-state index contributed by atoms with van der Waals surface area (Å²) in [6.45, 7) is 5.66. The molecule has 1 heterocycles. The first-order chi connectivity index (χ1) is 7.28. The minimum Gasteiger partial charge on any atom is -0.316 e. The third-order valence-corrected chi connectivity index (χ3v) is 3.17. The van der Waals surface area contributed by atoms with Crippen LogP contribution in [0.15, 0.2) is 24.3 Å². The average Bonchev–Trinajstić information content (AvgIpc) is 2.65. The van der Waals surface area contributed by atoms with Gasteiger partial charge in [0.25, 0.3) is 0 Å². The Morgan fingerprint density at radius 3 is 3.00 bits per heavy atom. The molecule has 0 spiro atoms. The van der Waals surface area contributed by atoms with Crippen LogP contribution in [0.1, 0.15) is 17.5 Å². The molecule has 2 rings (SSSR count). The molecule has 1 aromatic carbocycles. The van der Waals surface area contributed by atoms with E-state index in [0.717, 1.165) is 6.54 Å². The number of aryl methyl sites for hydroxylation is 1. The summed E-state index contributed by atoms with van der Waals surface area (Å²) < 4.78 is 0. The number of benzene rings is 1. The normalized spacial score (nSPS) is 22.1. The Kier molecular flexibility index (Phi) is 3.39. The van der Waals surface area contributed by atoms with E-state index in [1.54, 1.807) is 0 Å². The molecule has 1 fully saturated rings. The summed E-state index contributed by atoms with van der Waals surface area (Å²) in [6.07, 6.45) is 1.28. The first-order valence-corrected chi connectivity index (χ1v) is 5.73. The second kappa shape index (κ2) is 4.77. The standard InChI is InChI=1S/C13H20N2/c1-11-4-3-5-12(8-11)9-15-7-6-13(10-15)14-2/h3-5,8,13-14H,6-7,9-10H2,1-2H3. The van der Waals surface area contributed by atoms with E-state index in [0.29, 0.717) is 6.04 Å². The molecule has 0 radical (unpaired) electrons. The monoisotopic (exact) mass is 204 g/mol. The summed E-state index contributed by atoms with van der Waals surface area (Å²) in [5.41, 5.74) is 2.80. The van der Waals surface area contributed by atoms with Gasteiger partial charge in [0.05, 0.1) is 0 Å². The lowest BCUT2D eigenvalue weighted by Gasteiger charge is -2.16. The van der Waals surface area contributed by atoms with Crippen molar-refractivity contribution in [3.63, 3.8) is 0 Å². The van der Waals surface area contributed by atoms with E-state index in [-0.39, 0.29) is 0 Å². The maximum Gasteiger partial charge on any atom is 0.0234 e. The first-order valence-electron chi connectivity index (χ1n) is 5.73. The van der Waals surface area contributed by atoms with Crippen molar-refractivity contribution in [3.05, 3.63) is 35.4 Å². The molecule has 82 valence electrons. The van der Waals surface area contributed by atoms with Gasteiger partial charge in [-0.1, -0.05) is 29.8 Å². The lowest BCUT2D eigenvalue weighted by atomic mass is 10.1. The fourth-order valence-electron chi connectivity index (χ4n) is 2.28. The molecule has 1 N–H and O–H groups in total. The summed E-state index contributed by atoms with van der Waals surface area (Å²) in [5, 5.41) is 3.35. The van der Waals surface area contributed by atoms with Gasteiger partial charge in [-0.25, -0.2) is 0 Å². The van der Waals surface area contributed by atoms with Crippen LogP contribution in [0, 0.1) is 6.92 Å². The van der Waals surface area contributed by atoms with Crippen molar-refractivity contribution >= 4 is 0 Å². The Morgan fingerprint density at radius 2 is 2.33 bits per heavy atom. The smallest absolute Gasteiger partial charge is 0.0234 e. The van der Waals surface area contributed by atoms with Gasteiger partial charge in [-0.05, 0) is 26.0 Å². The predicted octanol–water partition coefficient (Wildman–Crippen LogP) is 1.79. The molecular formula is C13H20N2. The highest BCUT2D eigenvalue weighted by Crippen LogP contribution is 2.13. The molecule has 1 atom stereocenters. The fraction of sp³-hybridized carbons (Fsp3) is 0.538. The third-order valence-electron chi connectivity index (χ3n) is 3.17. The summed E-state index contributed by atoms with van der Waals surface area (Å²) in [6, 6.07) is 9.50. The van der Waals surface area contributed by atoms with Crippen molar-refractivity contribution in [2.75, 3.05) is 20.1 Å². The van der Waals surface area contributed by atoms with Crippen molar-refractivity contribution in [2.45, 2.75) is 25.9 Å². The number of hydrogen-bond donors (Lipinski definition) is 1. The molecule has 15 heavy (non-hydrogen) atoms. The highest BCUT2D eigenvalue weighted by atomic mass is 15.2. The first kappa shape index (κ1) is 10.7. The van der Waals surface area contributed by atoms with Gasteiger partial charge >= 0.3 is 0 Å². The van der Waals surface area contributed by atoms with Gasteiger partial charge in [0.15, 0.2) is 0 Å². The van der Waals surface area contributed by atoms with Gasteiger partial charge in [0.2, 0.25) is 0 Å². The Morgan fingerprint density at radius 1 is 1.47 bits per heavy atom. The molecule has 1 aliphatic rings. The predicted molar refractivity (Wildman–Crippen MR) is 63.9 cm³/mol. The van der Waals surface area contributed by atoms with E-state index < -0.39 is 0 Å². The van der Waals surface area contributed by atoms with Gasteiger partial charge in [0, 0.05) is 25.7 Å². The van der Waals surface area contributed by atoms with Crippen molar-refractivity contribution in [1.29, 1.82) is 0 Å². The zero-order chi connectivity index (χ0) is 10.7. The zero-order valence-corrected chi connectivity index (χ0v) is 9.66. The molecule has 1 aliphatic heterocycles. The molecule has 2 nitrogen and oxygen atoms in total. The lowest BCUT2D eigenvalue weighted by Crippen LogP contribution is -2.29. The average molecular weight is 204 g/mol. The maximum atomic E-state index is 3.35. The van der Waals surface area contributed by atoms with Gasteiger partial charge in [-0.3, -0.25) is 4.90 Å². The van der Waals surface area contributed by atoms with Crippen LogP contribution >= 0.6 is 0 Å². The number of likely N-dealkylation sites (N-methyl/N-ethyl adjacent to an activating group) is 1. The largest absolute Gasteiger partial charge is 0.316 e. The Hall–Kier alpha value is -0.860. The molecule has 1 aromatic rings. The van der Waals surface area contributed by atoms with Gasteiger partial charge < -0.3 is 5.32 Å². The van der Waals surface area contributed by atoms with Crippen LogP contribution in [-0.2, 0) is 6.54 Å². The second-order valence-electron chi connectivity index (χ2n) is 4.50. The van der Waals surface area contributed by atoms with Crippen LogP contribution in [0.25, 0.3) is 0 Å². The fourth-order valence-corrected chi connectivity index (χ4v) is 2.28. The number of hydrogen-bond acceptors (Lipinski definition) is 2. The lowest BCUT2D eigenvalue weighted by molar-refractivity contribution is 0.322. The number of nitrogens with one attached hydrogen (secondary N) is 1. The molecule has 0 amide bonds. The quantitative estimate of drug-likeness (QED) is 0.807. The molecule has 1 unspecified atom stereocenters. The Bertz CT molecular complexity index is 322. The van der Waals surface area contributed by atoms with Crippen molar-refractivity contribution in [2.24, 2.45) is 0 Å². The summed E-state index contributed by atoms with van der Waals surface area (Å²) in [7, 11) is 2.06. The van der Waals surface area contributed by atoms with E-state index in [1.807, 2.05) is 0 Å². The van der Waals surface area contributed by atoms with Crippen LogP contribution in [0.5, 0.6) is 0 Å². The van der Waals surface area contributed by atoms with Crippen LogP contribution in [0.2, 0.25) is 0 Å². The van der Waals surface area contributed by atoms with E-state index in [4.69, 9.17) is 0 Å². The molecule has 1 saturated heterocycles. The molecule has 0 bridgehead atoms. The SMILES string of the molecule is CNC1CCN(Cc2cccc(C)c2)C1. The van der Waals surface area contributed by atoms with Crippen molar-refractivity contribution in [3.8, 4) is 0 Å². The molecule has 2 heteroatoms. The third kappa shape index (κ3) is 2.80.